The fourth-order valence-corrected chi connectivity index (χ4v) is 4.31. The van der Waals surface area contributed by atoms with Gasteiger partial charge in [0.05, 0.1) is 30.9 Å². The molecule has 2 aliphatic heterocycles. The fourth-order valence-electron chi connectivity index (χ4n) is 4.31. The fraction of sp³-hybridized carbons (Fsp3) is 0.360. The summed E-state index contributed by atoms with van der Waals surface area (Å²) in [7, 11) is 1.57. The Morgan fingerprint density at radius 2 is 1.89 bits per heavy atom. The second kappa shape index (κ2) is 9.75. The minimum atomic E-state index is -4.62. The molecule has 0 spiro atoms. The van der Waals surface area contributed by atoms with Gasteiger partial charge < -0.3 is 14.4 Å². The number of nitrogens with zero attached hydrogens (tertiary/aromatic N) is 3. The van der Waals surface area contributed by atoms with Crippen LogP contribution < -0.4 is 14.5 Å². The van der Waals surface area contributed by atoms with Crippen LogP contribution in [0.5, 0.6) is 5.75 Å². The molecule has 0 bridgehead atoms. The van der Waals surface area contributed by atoms with Crippen LogP contribution in [0.3, 0.4) is 0 Å². The molecule has 4 rings (SSSR count). The van der Waals surface area contributed by atoms with Crippen LogP contribution in [0.15, 0.2) is 36.4 Å². The smallest absolute Gasteiger partial charge is 0.416 e. The third kappa shape index (κ3) is 4.83. The van der Waals surface area contributed by atoms with Crippen molar-refractivity contribution in [3.05, 3.63) is 53.1 Å². The van der Waals surface area contributed by atoms with E-state index in [0.717, 1.165) is 11.0 Å². The number of anilines is 2. The van der Waals surface area contributed by atoms with Gasteiger partial charge in [0, 0.05) is 18.8 Å². The lowest BCUT2D eigenvalue weighted by atomic mass is 9.99. The lowest BCUT2D eigenvalue weighted by molar-refractivity contribution is -0.154. The molecule has 2 aromatic rings. The van der Waals surface area contributed by atoms with Gasteiger partial charge in [-0.3, -0.25) is 24.2 Å². The van der Waals surface area contributed by atoms with Crippen LogP contribution in [0, 0.1) is 12.8 Å². The number of imide groups is 1. The molecule has 1 unspecified atom stereocenters. The molecule has 2 aromatic carbocycles. The number of rotatable bonds is 5. The number of alkyl halides is 3. The van der Waals surface area contributed by atoms with Crippen LogP contribution in [-0.4, -0.2) is 55.5 Å². The van der Waals surface area contributed by atoms with E-state index in [4.69, 9.17) is 9.47 Å². The molecule has 4 amide bonds. The number of hydrogen-bond donors (Lipinski definition) is 0. The molecule has 1 fully saturated rings. The molecule has 0 N–H and O–H groups in total. The van der Waals surface area contributed by atoms with Crippen LogP contribution in [0.2, 0.25) is 0 Å². The lowest BCUT2D eigenvalue weighted by Gasteiger charge is -2.38. The average molecular weight is 519 g/mol. The summed E-state index contributed by atoms with van der Waals surface area (Å²) in [6.45, 7) is 1.82. The average Bonchev–Trinajstić information content (AvgIpc) is 2.84. The van der Waals surface area contributed by atoms with Gasteiger partial charge in [-0.15, -0.1) is 0 Å². The molecule has 12 heteroatoms. The van der Waals surface area contributed by atoms with Crippen LogP contribution >= 0.6 is 0 Å². The zero-order valence-corrected chi connectivity index (χ0v) is 20.3. The van der Waals surface area contributed by atoms with Crippen LogP contribution in [0.4, 0.5) is 29.3 Å². The second-order valence-corrected chi connectivity index (χ2v) is 8.60. The Balaban J connectivity index is 1.72. The van der Waals surface area contributed by atoms with Gasteiger partial charge in [0.1, 0.15) is 5.75 Å². The summed E-state index contributed by atoms with van der Waals surface area (Å²) in [5.41, 5.74) is -0.158. The largest absolute Gasteiger partial charge is 0.481 e. The van der Waals surface area contributed by atoms with E-state index in [1.165, 1.54) is 41.0 Å². The van der Waals surface area contributed by atoms with E-state index in [1.807, 2.05) is 0 Å². The number of esters is 1. The van der Waals surface area contributed by atoms with Crippen LogP contribution in [0.25, 0.3) is 0 Å². The maximum absolute atomic E-state index is 13.5. The first kappa shape index (κ1) is 26.0. The summed E-state index contributed by atoms with van der Waals surface area (Å²) in [6.07, 6.45) is -4.62. The van der Waals surface area contributed by atoms with Crippen molar-refractivity contribution in [1.29, 1.82) is 0 Å². The molecule has 0 radical (unpaired) electrons. The van der Waals surface area contributed by atoms with Crippen molar-refractivity contribution in [3.63, 3.8) is 0 Å². The van der Waals surface area contributed by atoms with Crippen molar-refractivity contribution >= 4 is 35.2 Å². The molecule has 2 heterocycles. The van der Waals surface area contributed by atoms with Gasteiger partial charge in [0.25, 0.3) is 5.91 Å². The molecule has 2 aliphatic rings. The van der Waals surface area contributed by atoms with Crippen molar-refractivity contribution < 1.29 is 41.8 Å². The van der Waals surface area contributed by atoms with Crippen molar-refractivity contribution in [2.75, 3.05) is 36.6 Å². The third-order valence-corrected chi connectivity index (χ3v) is 6.38. The Morgan fingerprint density at radius 1 is 1.16 bits per heavy atom. The van der Waals surface area contributed by atoms with E-state index in [0.29, 0.717) is 11.4 Å². The van der Waals surface area contributed by atoms with Gasteiger partial charge in [0.15, 0.2) is 12.5 Å². The van der Waals surface area contributed by atoms with Crippen molar-refractivity contribution in [3.8, 4) is 5.75 Å². The SMILES string of the molecule is CCOC(=O)C1CN(c2ccc3c(c2)OCC(=O)N3C)C(=O)N(Cc2cccc(C(F)(F)F)c2C)C1=O. The molecular formula is C25H24F3N3O6. The summed E-state index contributed by atoms with van der Waals surface area (Å²) in [5, 5.41) is 0. The van der Waals surface area contributed by atoms with E-state index in [-0.39, 0.29) is 42.5 Å². The quantitative estimate of drug-likeness (QED) is 0.443. The van der Waals surface area contributed by atoms with E-state index in [1.54, 1.807) is 20.0 Å². The van der Waals surface area contributed by atoms with Crippen LogP contribution in [0.1, 0.15) is 23.6 Å². The van der Waals surface area contributed by atoms with Gasteiger partial charge in [0.2, 0.25) is 5.91 Å². The van der Waals surface area contributed by atoms with E-state index < -0.39 is 42.1 Å². The predicted octanol–water partition coefficient (Wildman–Crippen LogP) is 3.52. The van der Waals surface area contributed by atoms with Crippen molar-refractivity contribution in [2.45, 2.75) is 26.6 Å². The van der Waals surface area contributed by atoms with Gasteiger partial charge in [-0.2, -0.15) is 13.2 Å². The predicted molar refractivity (Wildman–Crippen MR) is 125 cm³/mol. The van der Waals surface area contributed by atoms with Gasteiger partial charge in [-0.25, -0.2) is 4.79 Å². The van der Waals surface area contributed by atoms with Crippen molar-refractivity contribution in [2.24, 2.45) is 5.92 Å². The molecule has 1 atom stereocenters. The summed E-state index contributed by atoms with van der Waals surface area (Å²) in [6, 6.07) is 7.28. The number of urea groups is 1. The molecule has 9 nitrogen and oxygen atoms in total. The van der Waals surface area contributed by atoms with Gasteiger partial charge in [-0.05, 0) is 43.2 Å². The Labute approximate surface area is 210 Å². The number of benzene rings is 2. The molecule has 0 saturated carbocycles. The maximum Gasteiger partial charge on any atom is 0.416 e. The van der Waals surface area contributed by atoms with E-state index in [9.17, 15) is 32.3 Å². The monoisotopic (exact) mass is 519 g/mol. The minimum Gasteiger partial charge on any atom is -0.481 e. The summed E-state index contributed by atoms with van der Waals surface area (Å²) in [4.78, 5) is 54.6. The standard InChI is InChI=1S/C25H24F3N3O6/c1-4-36-23(34)17-12-30(16-8-9-19-20(10-16)37-13-21(32)29(19)3)24(35)31(22(17)33)11-15-6-5-7-18(14(15)2)25(26,27)28/h5-10,17H,4,11-13H2,1-3H3. The number of likely N-dealkylation sites (N-methyl/N-ethyl adjacent to an activating group) is 1. The number of carbonyl (C=O) groups excluding carboxylic acids is 4. The topological polar surface area (TPSA) is 96.5 Å². The summed E-state index contributed by atoms with van der Waals surface area (Å²) >= 11 is 0. The van der Waals surface area contributed by atoms with Gasteiger partial charge >= 0.3 is 18.2 Å². The number of fused-ring (bicyclic) bond motifs is 1. The zero-order chi connectivity index (χ0) is 27.1. The first-order valence-electron chi connectivity index (χ1n) is 11.4. The second-order valence-electron chi connectivity index (χ2n) is 8.60. The van der Waals surface area contributed by atoms with Gasteiger partial charge in [-0.1, -0.05) is 12.1 Å². The Bertz CT molecular complexity index is 1280. The number of halogens is 3. The first-order valence-corrected chi connectivity index (χ1v) is 11.4. The summed E-state index contributed by atoms with van der Waals surface area (Å²) < 4.78 is 50.8. The molecule has 37 heavy (non-hydrogen) atoms. The molecule has 196 valence electrons. The van der Waals surface area contributed by atoms with Crippen LogP contribution in [-0.2, 0) is 31.8 Å². The lowest BCUT2D eigenvalue weighted by Crippen LogP contribution is -2.58. The van der Waals surface area contributed by atoms with Crippen molar-refractivity contribution in [1.82, 2.24) is 4.90 Å². The number of hydrogen-bond acceptors (Lipinski definition) is 6. The normalized spacial score (nSPS) is 18.1. The molecule has 0 aromatic heterocycles. The highest BCUT2D eigenvalue weighted by molar-refractivity contribution is 6.12. The highest BCUT2D eigenvalue weighted by atomic mass is 19.4. The third-order valence-electron chi connectivity index (χ3n) is 6.38. The maximum atomic E-state index is 13.5. The molecular weight excluding hydrogens is 495 g/mol. The Hall–Kier alpha value is -4.09. The first-order chi connectivity index (χ1) is 17.4. The Kier molecular flexibility index (Phi) is 6.85. The highest BCUT2D eigenvalue weighted by Crippen LogP contribution is 2.37. The van der Waals surface area contributed by atoms with E-state index in [2.05, 4.69) is 0 Å². The Morgan fingerprint density at radius 3 is 2.57 bits per heavy atom. The summed E-state index contributed by atoms with van der Waals surface area (Å²) in [5.74, 6) is -3.04. The number of ether oxygens (including phenoxy) is 2. The minimum absolute atomic E-state index is 0.00363. The highest BCUT2D eigenvalue weighted by Gasteiger charge is 2.45. The number of amides is 4. The zero-order valence-electron chi connectivity index (χ0n) is 20.3. The number of carbonyl (C=O) groups is 4. The van der Waals surface area contributed by atoms with E-state index >= 15 is 0 Å². The molecule has 1 saturated heterocycles. The molecule has 0 aliphatic carbocycles.